The predicted octanol–water partition coefficient (Wildman–Crippen LogP) is 3.26. The van der Waals surface area contributed by atoms with Gasteiger partial charge in [0.15, 0.2) is 11.6 Å². The molecule has 1 N–H and O–H groups in total. The third kappa shape index (κ3) is 4.54. The summed E-state index contributed by atoms with van der Waals surface area (Å²) in [6.07, 6.45) is -5.87. The Labute approximate surface area is 131 Å². The molecule has 130 valence electrons. The fourth-order valence-electron chi connectivity index (χ4n) is 2.82. The molecule has 0 radical (unpaired) electrons. The Morgan fingerprint density at radius 1 is 1.22 bits per heavy atom. The zero-order chi connectivity index (χ0) is 17.0. The van der Waals surface area contributed by atoms with Crippen LogP contribution >= 0.6 is 0 Å². The zero-order valence-electron chi connectivity index (χ0n) is 12.7. The first-order valence-electron chi connectivity index (χ1n) is 7.37. The molecule has 0 spiro atoms. The molecule has 0 unspecified atom stereocenters. The number of piperazine rings is 1. The molecule has 1 heterocycles. The molecule has 0 aromatic heterocycles. The summed E-state index contributed by atoms with van der Waals surface area (Å²) in [5, 5.41) is 3.07. The summed E-state index contributed by atoms with van der Waals surface area (Å²) in [5.74, 6) is -1.96. The lowest BCUT2D eigenvalue weighted by molar-refractivity contribution is -0.138. The monoisotopic (exact) mass is 338 g/mol. The van der Waals surface area contributed by atoms with E-state index >= 15 is 0 Å². The molecule has 0 aliphatic carbocycles. The minimum absolute atomic E-state index is 0.173. The third-order valence-corrected chi connectivity index (χ3v) is 3.94. The molecule has 1 aromatic carbocycles. The van der Waals surface area contributed by atoms with E-state index in [1.54, 1.807) is 4.90 Å². The van der Waals surface area contributed by atoms with Gasteiger partial charge in [-0.1, -0.05) is 0 Å². The third-order valence-electron chi connectivity index (χ3n) is 3.94. The Morgan fingerprint density at radius 3 is 2.43 bits per heavy atom. The number of nitrogens with zero attached hydrogens (tertiary/aromatic N) is 1. The van der Waals surface area contributed by atoms with E-state index in [2.05, 4.69) is 5.32 Å². The van der Waals surface area contributed by atoms with Gasteiger partial charge in [0.25, 0.3) is 0 Å². The van der Waals surface area contributed by atoms with Crippen molar-refractivity contribution in [2.75, 3.05) is 33.3 Å². The van der Waals surface area contributed by atoms with Gasteiger partial charge in [-0.3, -0.25) is 4.90 Å². The fraction of sp³-hybridized carbons (Fsp3) is 0.600. The van der Waals surface area contributed by atoms with Crippen molar-refractivity contribution >= 4 is 0 Å². The normalized spacial score (nSPS) is 18.0. The topological polar surface area (TPSA) is 24.5 Å². The van der Waals surface area contributed by atoms with Crippen LogP contribution in [0.3, 0.4) is 0 Å². The lowest BCUT2D eigenvalue weighted by atomic mass is 9.97. The summed E-state index contributed by atoms with van der Waals surface area (Å²) >= 11 is 0. The number of halogens is 5. The molecule has 1 aliphatic heterocycles. The molecule has 8 heteroatoms. The van der Waals surface area contributed by atoms with Crippen LogP contribution in [0.5, 0.6) is 5.75 Å². The average molecular weight is 338 g/mol. The summed E-state index contributed by atoms with van der Waals surface area (Å²) in [5.41, 5.74) is -0.351. The number of hydrogen-bond acceptors (Lipinski definition) is 3. The van der Waals surface area contributed by atoms with Gasteiger partial charge in [0.2, 0.25) is 0 Å². The smallest absolute Gasteiger partial charge is 0.389 e. The first-order chi connectivity index (χ1) is 10.8. The number of rotatable bonds is 5. The fourth-order valence-corrected chi connectivity index (χ4v) is 2.82. The van der Waals surface area contributed by atoms with Crippen molar-refractivity contribution < 1.29 is 26.7 Å². The Hall–Kier alpha value is -1.41. The van der Waals surface area contributed by atoms with Crippen LogP contribution in [0.2, 0.25) is 0 Å². The maximum atomic E-state index is 14.5. The van der Waals surface area contributed by atoms with Gasteiger partial charge in [-0.15, -0.1) is 0 Å². The number of methoxy groups -OCH3 is 1. The van der Waals surface area contributed by atoms with Crippen LogP contribution in [0.1, 0.15) is 24.4 Å². The van der Waals surface area contributed by atoms with Gasteiger partial charge in [0.05, 0.1) is 7.11 Å². The minimum atomic E-state index is -4.38. The highest BCUT2D eigenvalue weighted by molar-refractivity contribution is 5.34. The first-order valence-corrected chi connectivity index (χ1v) is 7.37. The van der Waals surface area contributed by atoms with Gasteiger partial charge < -0.3 is 10.1 Å². The first kappa shape index (κ1) is 17.9. The van der Waals surface area contributed by atoms with Crippen LogP contribution in [0.15, 0.2) is 12.1 Å². The second kappa shape index (κ2) is 7.44. The largest absolute Gasteiger partial charge is 0.494 e. The van der Waals surface area contributed by atoms with Crippen LogP contribution in [0.4, 0.5) is 22.0 Å². The summed E-state index contributed by atoms with van der Waals surface area (Å²) in [7, 11) is 1.23. The number of nitrogens with one attached hydrogen (secondary N) is 1. The van der Waals surface area contributed by atoms with Gasteiger partial charge in [-0.05, 0) is 18.6 Å². The Balaban J connectivity index is 2.36. The van der Waals surface area contributed by atoms with Gasteiger partial charge in [-0.2, -0.15) is 13.2 Å². The van der Waals surface area contributed by atoms with Crippen molar-refractivity contribution in [3.63, 3.8) is 0 Å². The van der Waals surface area contributed by atoms with Crippen LogP contribution in [0, 0.1) is 11.6 Å². The molecule has 0 amide bonds. The van der Waals surface area contributed by atoms with Crippen molar-refractivity contribution in [2.24, 2.45) is 0 Å². The van der Waals surface area contributed by atoms with E-state index in [1.165, 1.54) is 7.11 Å². The van der Waals surface area contributed by atoms with E-state index in [-0.39, 0.29) is 11.3 Å². The molecule has 23 heavy (non-hydrogen) atoms. The molecule has 1 fully saturated rings. The highest BCUT2D eigenvalue weighted by atomic mass is 19.4. The quantitative estimate of drug-likeness (QED) is 0.834. The highest BCUT2D eigenvalue weighted by Crippen LogP contribution is 2.36. The standard InChI is InChI=1S/C15H19F5N2O/c1-23-12-3-2-10(16)13(14(12)17)11(4-5-15(18,19)20)22-8-6-21-7-9-22/h2-3,11,21H,4-9H2,1H3/t11-/m1/s1. The van der Waals surface area contributed by atoms with Crippen LogP contribution < -0.4 is 10.1 Å². The molecular formula is C15H19F5N2O. The number of alkyl halides is 3. The molecule has 2 rings (SSSR count). The maximum absolute atomic E-state index is 14.5. The average Bonchev–Trinajstić information content (AvgIpc) is 2.50. The van der Waals surface area contributed by atoms with E-state index in [9.17, 15) is 22.0 Å². The minimum Gasteiger partial charge on any atom is -0.494 e. The summed E-state index contributed by atoms with van der Waals surface area (Å²) in [6.45, 7) is 1.99. The number of ether oxygens (including phenoxy) is 1. The van der Waals surface area contributed by atoms with Gasteiger partial charge >= 0.3 is 6.18 Å². The molecule has 1 aliphatic rings. The molecule has 1 aromatic rings. The van der Waals surface area contributed by atoms with Crippen molar-refractivity contribution in [1.29, 1.82) is 0 Å². The number of hydrogen-bond donors (Lipinski definition) is 1. The van der Waals surface area contributed by atoms with E-state index < -0.39 is 36.7 Å². The lowest BCUT2D eigenvalue weighted by Crippen LogP contribution is -2.45. The molecule has 1 atom stereocenters. The van der Waals surface area contributed by atoms with Crippen molar-refractivity contribution in [2.45, 2.75) is 25.1 Å². The second-order valence-corrected chi connectivity index (χ2v) is 5.43. The predicted molar refractivity (Wildman–Crippen MR) is 75.4 cm³/mol. The van der Waals surface area contributed by atoms with Gasteiger partial charge in [-0.25, -0.2) is 8.78 Å². The van der Waals surface area contributed by atoms with E-state index in [0.29, 0.717) is 26.2 Å². The lowest BCUT2D eigenvalue weighted by Gasteiger charge is -2.35. The number of benzene rings is 1. The highest BCUT2D eigenvalue weighted by Gasteiger charge is 2.34. The summed E-state index contributed by atoms with van der Waals surface area (Å²) < 4.78 is 71.3. The van der Waals surface area contributed by atoms with Crippen molar-refractivity contribution in [3.05, 3.63) is 29.3 Å². The van der Waals surface area contributed by atoms with Crippen LogP contribution in [0.25, 0.3) is 0 Å². The van der Waals surface area contributed by atoms with E-state index in [0.717, 1.165) is 12.1 Å². The molecule has 0 bridgehead atoms. The molecule has 0 saturated carbocycles. The Morgan fingerprint density at radius 2 is 1.87 bits per heavy atom. The zero-order valence-corrected chi connectivity index (χ0v) is 12.7. The maximum Gasteiger partial charge on any atom is 0.389 e. The Bertz CT molecular complexity index is 529. The SMILES string of the molecule is COc1ccc(F)c([C@@H](CCC(F)(F)F)N2CCNCC2)c1F. The summed E-state index contributed by atoms with van der Waals surface area (Å²) in [6, 6.07) is 1.18. The molecule has 1 saturated heterocycles. The summed E-state index contributed by atoms with van der Waals surface area (Å²) in [4.78, 5) is 1.68. The van der Waals surface area contributed by atoms with Crippen LogP contribution in [-0.4, -0.2) is 44.4 Å². The van der Waals surface area contributed by atoms with Gasteiger partial charge in [0, 0.05) is 44.2 Å². The van der Waals surface area contributed by atoms with E-state index in [1.807, 2.05) is 0 Å². The Kier molecular flexibility index (Phi) is 5.80. The van der Waals surface area contributed by atoms with Gasteiger partial charge in [0.1, 0.15) is 5.82 Å². The van der Waals surface area contributed by atoms with Crippen molar-refractivity contribution in [3.8, 4) is 5.75 Å². The second-order valence-electron chi connectivity index (χ2n) is 5.43. The van der Waals surface area contributed by atoms with E-state index in [4.69, 9.17) is 4.74 Å². The van der Waals surface area contributed by atoms with Crippen molar-refractivity contribution in [1.82, 2.24) is 10.2 Å². The van der Waals surface area contributed by atoms with Crippen LogP contribution in [-0.2, 0) is 0 Å². The molecular weight excluding hydrogens is 319 g/mol. The molecule has 3 nitrogen and oxygen atoms in total.